The molecule has 0 saturated heterocycles. The molecule has 0 bridgehead atoms. The number of carboxylic acids is 1. The SMILES string of the molecule is CC(C(=O)O)C1=CCCC=C1Br. The lowest BCUT2D eigenvalue weighted by Gasteiger charge is -2.14. The number of carbonyl (C=O) groups is 1. The first-order chi connectivity index (χ1) is 5.63. The van der Waals surface area contributed by atoms with Crippen LogP contribution in [0.4, 0.5) is 0 Å². The summed E-state index contributed by atoms with van der Waals surface area (Å²) in [4.78, 5) is 10.7. The van der Waals surface area contributed by atoms with Gasteiger partial charge in [0.1, 0.15) is 0 Å². The molecule has 0 aromatic carbocycles. The fourth-order valence-corrected chi connectivity index (χ4v) is 1.92. The van der Waals surface area contributed by atoms with Gasteiger partial charge in [0.05, 0.1) is 5.92 Å². The average molecular weight is 231 g/mol. The third-order valence-corrected chi connectivity index (χ3v) is 2.75. The van der Waals surface area contributed by atoms with E-state index in [2.05, 4.69) is 15.9 Å². The Morgan fingerprint density at radius 2 is 2.17 bits per heavy atom. The van der Waals surface area contributed by atoms with Gasteiger partial charge >= 0.3 is 5.97 Å². The largest absolute Gasteiger partial charge is 0.481 e. The Morgan fingerprint density at radius 1 is 1.58 bits per heavy atom. The highest BCUT2D eigenvalue weighted by atomic mass is 79.9. The van der Waals surface area contributed by atoms with Gasteiger partial charge in [-0.2, -0.15) is 0 Å². The number of hydrogen-bond donors (Lipinski definition) is 1. The van der Waals surface area contributed by atoms with Gasteiger partial charge in [0, 0.05) is 4.48 Å². The molecule has 1 aliphatic carbocycles. The number of rotatable bonds is 2. The smallest absolute Gasteiger partial charge is 0.310 e. The number of carboxylic acid groups (broad SMARTS) is 1. The molecule has 2 nitrogen and oxygen atoms in total. The highest BCUT2D eigenvalue weighted by Gasteiger charge is 2.19. The Morgan fingerprint density at radius 3 is 2.67 bits per heavy atom. The highest BCUT2D eigenvalue weighted by molar-refractivity contribution is 9.12. The monoisotopic (exact) mass is 230 g/mol. The van der Waals surface area contributed by atoms with E-state index in [1.807, 2.05) is 12.2 Å². The first-order valence-corrected chi connectivity index (χ1v) is 4.71. The first-order valence-electron chi connectivity index (χ1n) is 3.92. The quantitative estimate of drug-likeness (QED) is 0.793. The van der Waals surface area contributed by atoms with Crippen molar-refractivity contribution in [1.29, 1.82) is 0 Å². The molecule has 1 rings (SSSR count). The van der Waals surface area contributed by atoms with Crippen LogP contribution in [0.3, 0.4) is 0 Å². The maximum absolute atomic E-state index is 10.7. The van der Waals surface area contributed by atoms with E-state index in [-0.39, 0.29) is 0 Å². The van der Waals surface area contributed by atoms with Gasteiger partial charge in [-0.15, -0.1) is 0 Å². The Labute approximate surface area is 80.1 Å². The Kier molecular flexibility index (Phi) is 3.09. The van der Waals surface area contributed by atoms with Gasteiger partial charge in [0.15, 0.2) is 0 Å². The van der Waals surface area contributed by atoms with E-state index in [4.69, 9.17) is 5.11 Å². The third-order valence-electron chi connectivity index (χ3n) is 1.97. The fourth-order valence-electron chi connectivity index (χ4n) is 1.18. The van der Waals surface area contributed by atoms with E-state index in [9.17, 15) is 4.79 Å². The summed E-state index contributed by atoms with van der Waals surface area (Å²) >= 11 is 3.35. The van der Waals surface area contributed by atoms with Crippen LogP contribution in [-0.4, -0.2) is 11.1 Å². The molecule has 0 spiro atoms. The molecular formula is C9H11BrO2. The lowest BCUT2D eigenvalue weighted by atomic mass is 9.96. The van der Waals surface area contributed by atoms with Gasteiger partial charge in [-0.3, -0.25) is 4.79 Å². The van der Waals surface area contributed by atoms with Crippen molar-refractivity contribution in [3.63, 3.8) is 0 Å². The van der Waals surface area contributed by atoms with Crippen LogP contribution in [0.2, 0.25) is 0 Å². The zero-order chi connectivity index (χ0) is 9.14. The van der Waals surface area contributed by atoms with Crippen LogP contribution < -0.4 is 0 Å². The molecular weight excluding hydrogens is 220 g/mol. The van der Waals surface area contributed by atoms with E-state index in [0.29, 0.717) is 0 Å². The van der Waals surface area contributed by atoms with E-state index in [1.165, 1.54) is 0 Å². The zero-order valence-corrected chi connectivity index (χ0v) is 8.47. The van der Waals surface area contributed by atoms with Crippen LogP contribution >= 0.6 is 15.9 Å². The molecule has 3 heteroatoms. The summed E-state index contributed by atoms with van der Waals surface area (Å²) < 4.78 is 0.934. The maximum atomic E-state index is 10.7. The molecule has 1 aliphatic rings. The van der Waals surface area contributed by atoms with Gasteiger partial charge < -0.3 is 5.11 Å². The summed E-state index contributed by atoms with van der Waals surface area (Å²) in [5, 5.41) is 8.76. The van der Waals surface area contributed by atoms with Crippen molar-refractivity contribution in [2.75, 3.05) is 0 Å². The molecule has 1 N–H and O–H groups in total. The lowest BCUT2D eigenvalue weighted by Crippen LogP contribution is -2.13. The third kappa shape index (κ3) is 1.97. The predicted octanol–water partition coefficient (Wildman–Crippen LogP) is 2.71. The number of hydrogen-bond acceptors (Lipinski definition) is 1. The van der Waals surface area contributed by atoms with Crippen LogP contribution in [0.1, 0.15) is 19.8 Å². The molecule has 1 unspecified atom stereocenters. The molecule has 0 radical (unpaired) electrons. The average Bonchev–Trinajstić information content (AvgIpc) is 2.04. The second-order valence-corrected chi connectivity index (χ2v) is 3.70. The highest BCUT2D eigenvalue weighted by Crippen LogP contribution is 2.29. The summed E-state index contributed by atoms with van der Waals surface area (Å²) in [5.74, 6) is -1.18. The second kappa shape index (κ2) is 3.90. The number of halogens is 1. The molecule has 0 fully saturated rings. The first kappa shape index (κ1) is 9.52. The predicted molar refractivity (Wildman–Crippen MR) is 51.1 cm³/mol. The van der Waals surface area contributed by atoms with Gasteiger partial charge in [-0.05, 0) is 25.3 Å². The van der Waals surface area contributed by atoms with Gasteiger partial charge in [0.25, 0.3) is 0 Å². The molecule has 1 atom stereocenters. The Hall–Kier alpha value is -0.570. The van der Waals surface area contributed by atoms with Crippen molar-refractivity contribution >= 4 is 21.9 Å². The van der Waals surface area contributed by atoms with Crippen molar-refractivity contribution in [1.82, 2.24) is 0 Å². The van der Waals surface area contributed by atoms with Crippen molar-refractivity contribution in [2.45, 2.75) is 19.8 Å². The second-order valence-electron chi connectivity index (χ2n) is 2.85. The summed E-state index contributed by atoms with van der Waals surface area (Å²) in [6, 6.07) is 0. The number of aliphatic carboxylic acids is 1. The summed E-state index contributed by atoms with van der Waals surface area (Å²) in [7, 11) is 0. The summed E-state index contributed by atoms with van der Waals surface area (Å²) in [6.45, 7) is 1.70. The Bertz CT molecular complexity index is 253. The van der Waals surface area contributed by atoms with Crippen LogP contribution in [0.15, 0.2) is 22.2 Å². The standard InChI is InChI=1S/C9H11BrO2/c1-6(9(11)12)7-4-2-3-5-8(7)10/h4-6H,2-3H2,1H3,(H,11,12). The van der Waals surface area contributed by atoms with Gasteiger partial charge in [-0.1, -0.05) is 28.1 Å². The molecule has 0 saturated carbocycles. The normalized spacial score (nSPS) is 19.5. The molecule has 0 aliphatic heterocycles. The molecule has 0 aromatic rings. The van der Waals surface area contributed by atoms with E-state index in [0.717, 1.165) is 22.9 Å². The molecule has 0 amide bonds. The van der Waals surface area contributed by atoms with Gasteiger partial charge in [-0.25, -0.2) is 0 Å². The van der Waals surface area contributed by atoms with Crippen molar-refractivity contribution < 1.29 is 9.90 Å². The number of allylic oxidation sites excluding steroid dienone is 3. The minimum absolute atomic E-state index is 0.407. The van der Waals surface area contributed by atoms with Gasteiger partial charge in [0.2, 0.25) is 0 Å². The van der Waals surface area contributed by atoms with Crippen LogP contribution in [0.25, 0.3) is 0 Å². The molecule has 66 valence electrons. The van der Waals surface area contributed by atoms with Crippen molar-refractivity contribution in [2.24, 2.45) is 5.92 Å². The summed E-state index contributed by atoms with van der Waals surface area (Å²) in [5.41, 5.74) is 0.897. The van der Waals surface area contributed by atoms with Crippen LogP contribution in [0.5, 0.6) is 0 Å². The fraction of sp³-hybridized carbons (Fsp3) is 0.444. The van der Waals surface area contributed by atoms with Crippen LogP contribution in [-0.2, 0) is 4.79 Å². The zero-order valence-electron chi connectivity index (χ0n) is 6.88. The van der Waals surface area contributed by atoms with E-state index < -0.39 is 11.9 Å². The minimum Gasteiger partial charge on any atom is -0.481 e. The summed E-state index contributed by atoms with van der Waals surface area (Å²) in [6.07, 6.45) is 5.95. The topological polar surface area (TPSA) is 37.3 Å². The molecule has 12 heavy (non-hydrogen) atoms. The maximum Gasteiger partial charge on any atom is 0.310 e. The minimum atomic E-state index is -0.770. The molecule has 0 heterocycles. The van der Waals surface area contributed by atoms with E-state index in [1.54, 1.807) is 6.92 Å². The molecule has 0 aromatic heterocycles. The lowest BCUT2D eigenvalue weighted by molar-refractivity contribution is -0.139. The van der Waals surface area contributed by atoms with Crippen LogP contribution in [0, 0.1) is 5.92 Å². The van der Waals surface area contributed by atoms with Crippen molar-refractivity contribution in [3.05, 3.63) is 22.2 Å². The Balaban J connectivity index is 2.80. The van der Waals surface area contributed by atoms with Crippen molar-refractivity contribution in [3.8, 4) is 0 Å². The van der Waals surface area contributed by atoms with E-state index >= 15 is 0 Å².